The summed E-state index contributed by atoms with van der Waals surface area (Å²) in [4.78, 5) is 15.0. The number of nitrogens with zero attached hydrogens (tertiary/aromatic N) is 2. The first-order valence-electron chi connectivity index (χ1n) is 10.6. The molecule has 1 N–H and O–H groups in total. The Hall–Kier alpha value is -1.74. The molecule has 3 rings (SSSR count). The molecule has 8 heteroatoms. The molecule has 2 aromatic carbocycles. The predicted octanol–water partition coefficient (Wildman–Crippen LogP) is 3.96. The fourth-order valence-electron chi connectivity index (χ4n) is 3.95. The number of hydrogen-bond acceptors (Lipinski definition) is 4. The molecule has 6 nitrogen and oxygen atoms in total. The van der Waals surface area contributed by atoms with Crippen molar-refractivity contribution >= 4 is 37.5 Å². The Morgan fingerprint density at radius 1 is 1.06 bits per heavy atom. The molecule has 1 amide bonds. The van der Waals surface area contributed by atoms with Crippen molar-refractivity contribution in [2.24, 2.45) is 0 Å². The van der Waals surface area contributed by atoms with E-state index < -0.39 is 10.0 Å². The second-order valence-electron chi connectivity index (χ2n) is 7.95. The van der Waals surface area contributed by atoms with Crippen LogP contribution in [0.1, 0.15) is 30.0 Å². The predicted molar refractivity (Wildman–Crippen MR) is 128 cm³/mol. The largest absolute Gasteiger partial charge is 0.324 e. The van der Waals surface area contributed by atoms with Gasteiger partial charge in [0.1, 0.15) is 0 Å². The Morgan fingerprint density at radius 2 is 1.77 bits per heavy atom. The van der Waals surface area contributed by atoms with Gasteiger partial charge in [-0.15, -0.1) is 0 Å². The Morgan fingerprint density at radius 3 is 2.45 bits per heavy atom. The molecule has 1 fully saturated rings. The van der Waals surface area contributed by atoms with Gasteiger partial charge in [0.2, 0.25) is 15.9 Å². The minimum absolute atomic E-state index is 0.0742. The molecule has 0 atom stereocenters. The molecular weight excluding hydrogens is 478 g/mol. The number of aryl methyl sites for hydroxylation is 3. The van der Waals surface area contributed by atoms with Crippen LogP contribution in [0.4, 0.5) is 5.69 Å². The SMILES string of the molecule is CCc1cc(Br)ccc1S(=O)(=O)N1CCCN(CC(=O)Nc2c(C)cccc2C)CC1. The summed E-state index contributed by atoms with van der Waals surface area (Å²) in [5.74, 6) is -0.0742. The lowest BCUT2D eigenvalue weighted by Gasteiger charge is -2.23. The Balaban J connectivity index is 1.66. The van der Waals surface area contributed by atoms with E-state index in [2.05, 4.69) is 21.2 Å². The molecular formula is C23H30BrN3O3S. The van der Waals surface area contributed by atoms with Crippen LogP contribution in [0.3, 0.4) is 0 Å². The van der Waals surface area contributed by atoms with Gasteiger partial charge in [0.25, 0.3) is 0 Å². The van der Waals surface area contributed by atoms with Crippen molar-refractivity contribution in [3.63, 3.8) is 0 Å². The van der Waals surface area contributed by atoms with Crippen molar-refractivity contribution < 1.29 is 13.2 Å². The third-order valence-corrected chi connectivity index (χ3v) is 8.17. The normalized spacial score (nSPS) is 16.1. The van der Waals surface area contributed by atoms with Crippen LogP contribution in [-0.2, 0) is 21.2 Å². The molecule has 0 unspecified atom stereocenters. The van der Waals surface area contributed by atoms with Crippen LogP contribution in [0.15, 0.2) is 45.8 Å². The Bertz CT molecular complexity index is 1040. The average Bonchev–Trinajstić information content (AvgIpc) is 2.96. The van der Waals surface area contributed by atoms with E-state index in [-0.39, 0.29) is 12.5 Å². The number of benzene rings is 2. The maximum atomic E-state index is 13.3. The highest BCUT2D eigenvalue weighted by atomic mass is 79.9. The van der Waals surface area contributed by atoms with Gasteiger partial charge in [0.15, 0.2) is 0 Å². The molecule has 0 spiro atoms. The highest BCUT2D eigenvalue weighted by molar-refractivity contribution is 9.10. The number of nitrogens with one attached hydrogen (secondary N) is 1. The van der Waals surface area contributed by atoms with Crippen molar-refractivity contribution in [1.82, 2.24) is 9.21 Å². The zero-order valence-electron chi connectivity index (χ0n) is 18.3. The average molecular weight is 508 g/mol. The maximum Gasteiger partial charge on any atom is 0.243 e. The van der Waals surface area contributed by atoms with Crippen molar-refractivity contribution in [3.05, 3.63) is 57.6 Å². The van der Waals surface area contributed by atoms with Crippen molar-refractivity contribution in [2.75, 3.05) is 38.0 Å². The summed E-state index contributed by atoms with van der Waals surface area (Å²) in [7, 11) is -3.57. The van der Waals surface area contributed by atoms with Crippen LogP contribution in [-0.4, -0.2) is 56.3 Å². The molecule has 0 aliphatic carbocycles. The summed E-state index contributed by atoms with van der Waals surface area (Å²) >= 11 is 3.42. The maximum absolute atomic E-state index is 13.3. The van der Waals surface area contributed by atoms with E-state index in [1.165, 1.54) is 0 Å². The monoisotopic (exact) mass is 507 g/mol. The third kappa shape index (κ3) is 5.74. The van der Waals surface area contributed by atoms with E-state index >= 15 is 0 Å². The summed E-state index contributed by atoms with van der Waals surface area (Å²) in [5.41, 5.74) is 3.72. The number of sulfonamides is 1. The van der Waals surface area contributed by atoms with Gasteiger partial charge in [0.05, 0.1) is 11.4 Å². The lowest BCUT2D eigenvalue weighted by Crippen LogP contribution is -2.38. The molecule has 1 heterocycles. The molecule has 31 heavy (non-hydrogen) atoms. The van der Waals surface area contributed by atoms with Crippen LogP contribution < -0.4 is 5.32 Å². The molecule has 2 aromatic rings. The zero-order chi connectivity index (χ0) is 22.6. The highest BCUT2D eigenvalue weighted by Crippen LogP contribution is 2.25. The van der Waals surface area contributed by atoms with E-state index in [0.717, 1.165) is 26.9 Å². The van der Waals surface area contributed by atoms with Gasteiger partial charge < -0.3 is 5.32 Å². The fraction of sp³-hybridized carbons (Fsp3) is 0.435. The summed E-state index contributed by atoms with van der Waals surface area (Å²) in [6.07, 6.45) is 1.33. The minimum Gasteiger partial charge on any atom is -0.324 e. The summed E-state index contributed by atoms with van der Waals surface area (Å²) < 4.78 is 29.0. The van der Waals surface area contributed by atoms with Crippen molar-refractivity contribution in [1.29, 1.82) is 0 Å². The molecule has 168 valence electrons. The standard InChI is InChI=1S/C23H30BrN3O3S/c1-4-19-15-20(24)9-10-21(19)31(29,30)27-12-6-11-26(13-14-27)16-22(28)25-23-17(2)7-5-8-18(23)3/h5,7-10,15H,4,6,11-14,16H2,1-3H3,(H,25,28). The fourth-order valence-corrected chi connectivity index (χ4v) is 6.11. The van der Waals surface area contributed by atoms with E-state index in [0.29, 0.717) is 43.9 Å². The molecule has 0 bridgehead atoms. The van der Waals surface area contributed by atoms with Gasteiger partial charge in [-0.05, 0) is 68.1 Å². The topological polar surface area (TPSA) is 69.7 Å². The van der Waals surface area contributed by atoms with Crippen molar-refractivity contribution in [2.45, 2.75) is 38.5 Å². The Labute approximate surface area is 193 Å². The quantitative estimate of drug-likeness (QED) is 0.642. The van der Waals surface area contributed by atoms with E-state index in [1.54, 1.807) is 16.4 Å². The number of carbonyl (C=O) groups is 1. The van der Waals surface area contributed by atoms with Gasteiger partial charge in [-0.25, -0.2) is 8.42 Å². The zero-order valence-corrected chi connectivity index (χ0v) is 20.7. The first-order valence-corrected chi connectivity index (χ1v) is 12.8. The second kappa shape index (κ2) is 10.3. The number of carbonyl (C=O) groups excluding carboxylic acids is 1. The first-order chi connectivity index (χ1) is 14.7. The van der Waals surface area contributed by atoms with Crippen LogP contribution in [0.25, 0.3) is 0 Å². The number of rotatable bonds is 6. The van der Waals surface area contributed by atoms with Gasteiger partial charge in [-0.2, -0.15) is 4.31 Å². The second-order valence-corrected chi connectivity index (χ2v) is 10.8. The molecule has 0 saturated carbocycles. The van der Waals surface area contributed by atoms with Crippen LogP contribution in [0.5, 0.6) is 0 Å². The van der Waals surface area contributed by atoms with Gasteiger partial charge in [0, 0.05) is 29.8 Å². The first kappa shape index (κ1) is 23.9. The Kier molecular flexibility index (Phi) is 7.91. The number of anilines is 1. The van der Waals surface area contributed by atoms with E-state index in [4.69, 9.17) is 0 Å². The molecule has 1 aliphatic rings. The molecule has 1 aliphatic heterocycles. The number of halogens is 1. The number of para-hydroxylation sites is 1. The van der Waals surface area contributed by atoms with Crippen LogP contribution in [0, 0.1) is 13.8 Å². The minimum atomic E-state index is -3.57. The summed E-state index contributed by atoms with van der Waals surface area (Å²) in [6.45, 7) is 8.20. The van der Waals surface area contributed by atoms with Gasteiger partial charge in [-0.3, -0.25) is 9.69 Å². The summed E-state index contributed by atoms with van der Waals surface area (Å²) in [5, 5.41) is 3.02. The lowest BCUT2D eigenvalue weighted by atomic mass is 10.1. The van der Waals surface area contributed by atoms with Crippen LogP contribution >= 0.6 is 15.9 Å². The molecule has 0 radical (unpaired) electrons. The highest BCUT2D eigenvalue weighted by Gasteiger charge is 2.29. The van der Waals surface area contributed by atoms with Gasteiger partial charge in [-0.1, -0.05) is 41.1 Å². The van der Waals surface area contributed by atoms with Crippen LogP contribution in [0.2, 0.25) is 0 Å². The number of amides is 1. The lowest BCUT2D eigenvalue weighted by molar-refractivity contribution is -0.117. The summed E-state index contributed by atoms with van der Waals surface area (Å²) in [6, 6.07) is 11.2. The van der Waals surface area contributed by atoms with E-state index in [9.17, 15) is 13.2 Å². The van der Waals surface area contributed by atoms with E-state index in [1.807, 2.05) is 49.9 Å². The van der Waals surface area contributed by atoms with Crippen molar-refractivity contribution in [3.8, 4) is 0 Å². The third-order valence-electron chi connectivity index (χ3n) is 5.68. The van der Waals surface area contributed by atoms with Gasteiger partial charge >= 0.3 is 0 Å². The molecule has 1 saturated heterocycles. The smallest absolute Gasteiger partial charge is 0.243 e. The number of hydrogen-bond donors (Lipinski definition) is 1. The molecule has 0 aromatic heterocycles.